The molecule has 0 aliphatic heterocycles. The third-order valence-corrected chi connectivity index (χ3v) is 2.30. The highest BCUT2D eigenvalue weighted by Gasteiger charge is 2.41. The zero-order valence-electron chi connectivity index (χ0n) is 10.5. The van der Waals surface area contributed by atoms with Crippen LogP contribution >= 0.6 is 0 Å². The van der Waals surface area contributed by atoms with Crippen LogP contribution in [0.3, 0.4) is 0 Å². The average molecular weight is 281 g/mol. The van der Waals surface area contributed by atoms with Crippen LogP contribution in [0, 0.1) is 0 Å². The highest BCUT2D eigenvalue weighted by molar-refractivity contribution is 5.25. The molecule has 0 unspecified atom stereocenters. The van der Waals surface area contributed by atoms with E-state index < -0.39 is 19.0 Å². The summed E-state index contributed by atoms with van der Waals surface area (Å²) in [6, 6.07) is 0. The summed E-state index contributed by atoms with van der Waals surface area (Å²) in [4.78, 5) is 7.95. The Hall–Kier alpha value is -1.44. The molecule has 0 saturated heterocycles. The minimum atomic E-state index is -4.22. The maximum absolute atomic E-state index is 12.7. The molecule has 1 rings (SSSR count). The van der Waals surface area contributed by atoms with Crippen LogP contribution in [-0.2, 0) is 6.54 Å². The Kier molecular flexibility index (Phi) is 5.04. The second-order valence-electron chi connectivity index (χ2n) is 4.25. The van der Waals surface area contributed by atoms with E-state index in [4.69, 9.17) is 5.73 Å². The van der Waals surface area contributed by atoms with E-state index in [9.17, 15) is 17.6 Å². The van der Waals surface area contributed by atoms with Gasteiger partial charge in [-0.1, -0.05) is 13.8 Å². The lowest BCUT2D eigenvalue weighted by Gasteiger charge is -2.17. The van der Waals surface area contributed by atoms with Crippen LogP contribution in [0.1, 0.15) is 31.3 Å². The van der Waals surface area contributed by atoms with Gasteiger partial charge in [-0.15, -0.1) is 0 Å². The topological polar surface area (TPSA) is 61.0 Å². The van der Waals surface area contributed by atoms with Gasteiger partial charge in [-0.3, -0.25) is 0 Å². The van der Waals surface area contributed by atoms with Crippen molar-refractivity contribution in [1.29, 1.82) is 0 Å². The molecule has 2 N–H and O–H groups in total. The molecule has 0 aromatic carbocycles. The number of halogens is 4. The van der Waals surface area contributed by atoms with Gasteiger partial charge in [-0.05, 0) is 0 Å². The van der Waals surface area contributed by atoms with Gasteiger partial charge in [-0.25, -0.2) is 18.7 Å². The predicted octanol–water partition coefficient (Wildman–Crippen LogP) is 2.34. The summed E-state index contributed by atoms with van der Waals surface area (Å²) in [6.07, 6.45) is -2.61. The second-order valence-corrected chi connectivity index (χ2v) is 4.25. The molecule has 0 aliphatic carbocycles. The maximum atomic E-state index is 12.7. The molecular weight excluding hydrogens is 266 g/mol. The molecule has 19 heavy (non-hydrogen) atoms. The van der Waals surface area contributed by atoms with Crippen molar-refractivity contribution >= 4 is 0 Å². The Labute approximate surface area is 108 Å². The Morgan fingerprint density at radius 1 is 1.37 bits per heavy atom. The number of ether oxygens (including phenoxy) is 1. The van der Waals surface area contributed by atoms with Gasteiger partial charge in [0.15, 0.2) is 12.4 Å². The molecule has 1 aromatic heterocycles. The average Bonchev–Trinajstić information content (AvgIpc) is 2.35. The van der Waals surface area contributed by atoms with Crippen molar-refractivity contribution in [3.05, 3.63) is 17.7 Å². The number of hydrogen-bond donors (Lipinski definition) is 1. The van der Waals surface area contributed by atoms with E-state index in [1.54, 1.807) is 0 Å². The van der Waals surface area contributed by atoms with Crippen LogP contribution in [0.25, 0.3) is 0 Å². The summed E-state index contributed by atoms with van der Waals surface area (Å²) >= 11 is 0. The molecule has 0 aliphatic rings. The lowest BCUT2D eigenvalue weighted by Crippen LogP contribution is -2.34. The quantitative estimate of drug-likeness (QED) is 0.813. The molecule has 0 atom stereocenters. The molecule has 0 bridgehead atoms. The molecular formula is C11H15F4N3O. The van der Waals surface area contributed by atoms with Gasteiger partial charge in [0.05, 0.1) is 11.9 Å². The molecule has 0 amide bonds. The fraction of sp³-hybridized carbons (Fsp3) is 0.636. The van der Waals surface area contributed by atoms with Crippen molar-refractivity contribution in [2.24, 2.45) is 5.73 Å². The van der Waals surface area contributed by atoms with Crippen molar-refractivity contribution in [3.63, 3.8) is 0 Å². The SMILES string of the molecule is CC(C)c1ncc(OCC(F)(F)C(F)F)c(CN)n1. The number of hydrogen-bond acceptors (Lipinski definition) is 4. The van der Waals surface area contributed by atoms with E-state index in [0.29, 0.717) is 5.82 Å². The first-order valence-electron chi connectivity index (χ1n) is 5.62. The lowest BCUT2D eigenvalue weighted by atomic mass is 10.2. The number of alkyl halides is 4. The van der Waals surface area contributed by atoms with Crippen LogP contribution < -0.4 is 10.5 Å². The summed E-state index contributed by atoms with van der Waals surface area (Å²) in [5.41, 5.74) is 5.62. The third-order valence-electron chi connectivity index (χ3n) is 2.30. The highest BCUT2D eigenvalue weighted by atomic mass is 19.3. The van der Waals surface area contributed by atoms with Crippen molar-refractivity contribution < 1.29 is 22.3 Å². The van der Waals surface area contributed by atoms with E-state index in [-0.39, 0.29) is 23.9 Å². The fourth-order valence-electron chi connectivity index (χ4n) is 1.20. The van der Waals surface area contributed by atoms with Crippen LogP contribution in [0.2, 0.25) is 0 Å². The minimum Gasteiger partial charge on any atom is -0.483 e. The first-order chi connectivity index (χ1) is 8.77. The smallest absolute Gasteiger partial charge is 0.340 e. The van der Waals surface area contributed by atoms with E-state index >= 15 is 0 Å². The summed E-state index contributed by atoms with van der Waals surface area (Å²) in [6.45, 7) is 2.20. The third kappa shape index (κ3) is 4.02. The molecule has 0 saturated carbocycles. The first kappa shape index (κ1) is 15.6. The Morgan fingerprint density at radius 2 is 2.00 bits per heavy atom. The van der Waals surface area contributed by atoms with Crippen molar-refractivity contribution in [2.75, 3.05) is 6.61 Å². The Morgan fingerprint density at radius 3 is 2.47 bits per heavy atom. The molecule has 0 fully saturated rings. The zero-order chi connectivity index (χ0) is 14.6. The summed E-state index contributed by atoms with van der Waals surface area (Å²) in [5, 5.41) is 0. The van der Waals surface area contributed by atoms with Crippen molar-refractivity contribution in [1.82, 2.24) is 9.97 Å². The van der Waals surface area contributed by atoms with E-state index in [1.807, 2.05) is 13.8 Å². The Balaban J connectivity index is 2.84. The van der Waals surface area contributed by atoms with Crippen LogP contribution in [0.5, 0.6) is 5.75 Å². The van der Waals surface area contributed by atoms with E-state index in [2.05, 4.69) is 14.7 Å². The second kappa shape index (κ2) is 6.14. The molecule has 0 spiro atoms. The van der Waals surface area contributed by atoms with Crippen LogP contribution in [0.4, 0.5) is 17.6 Å². The van der Waals surface area contributed by atoms with Gasteiger partial charge < -0.3 is 10.5 Å². The first-order valence-corrected chi connectivity index (χ1v) is 5.62. The monoisotopic (exact) mass is 281 g/mol. The highest BCUT2D eigenvalue weighted by Crippen LogP contribution is 2.25. The Bertz CT molecular complexity index is 426. The number of nitrogens with zero attached hydrogens (tertiary/aromatic N) is 2. The summed E-state index contributed by atoms with van der Waals surface area (Å²) < 4.78 is 54.1. The standard InChI is InChI=1S/C11H15F4N3O/c1-6(2)9-17-4-8(7(3-16)18-9)19-5-11(14,15)10(12)13/h4,6,10H,3,5,16H2,1-2H3. The minimum absolute atomic E-state index is 0.0295. The summed E-state index contributed by atoms with van der Waals surface area (Å²) in [7, 11) is 0. The molecule has 0 radical (unpaired) electrons. The molecule has 8 heteroatoms. The number of nitrogens with two attached hydrogens (primary N) is 1. The van der Waals surface area contributed by atoms with Crippen molar-refractivity contribution in [3.8, 4) is 5.75 Å². The summed E-state index contributed by atoms with van der Waals surface area (Å²) in [5.74, 6) is -3.81. The number of aromatic nitrogens is 2. The van der Waals surface area contributed by atoms with E-state index in [1.165, 1.54) is 6.20 Å². The van der Waals surface area contributed by atoms with Gasteiger partial charge in [0, 0.05) is 12.5 Å². The fourth-order valence-corrected chi connectivity index (χ4v) is 1.20. The van der Waals surface area contributed by atoms with E-state index in [0.717, 1.165) is 0 Å². The van der Waals surface area contributed by atoms with Gasteiger partial charge in [-0.2, -0.15) is 8.78 Å². The maximum Gasteiger partial charge on any atom is 0.340 e. The van der Waals surface area contributed by atoms with Crippen LogP contribution in [-0.4, -0.2) is 28.9 Å². The van der Waals surface area contributed by atoms with Gasteiger partial charge >= 0.3 is 12.3 Å². The largest absolute Gasteiger partial charge is 0.483 e. The predicted molar refractivity (Wildman–Crippen MR) is 60.5 cm³/mol. The number of rotatable bonds is 6. The van der Waals surface area contributed by atoms with Gasteiger partial charge in [0.1, 0.15) is 5.82 Å². The molecule has 108 valence electrons. The van der Waals surface area contributed by atoms with Gasteiger partial charge in [0.2, 0.25) is 0 Å². The molecule has 1 aromatic rings. The molecule has 1 heterocycles. The normalized spacial score (nSPS) is 12.3. The van der Waals surface area contributed by atoms with Gasteiger partial charge in [0.25, 0.3) is 0 Å². The molecule has 4 nitrogen and oxygen atoms in total. The van der Waals surface area contributed by atoms with Crippen molar-refractivity contribution in [2.45, 2.75) is 38.7 Å². The lowest BCUT2D eigenvalue weighted by molar-refractivity contribution is -0.148. The zero-order valence-corrected chi connectivity index (χ0v) is 10.5. The van der Waals surface area contributed by atoms with Crippen LogP contribution in [0.15, 0.2) is 6.20 Å².